The molecule has 0 aliphatic rings. The average Bonchev–Trinajstić information content (AvgIpc) is 2.29. The van der Waals surface area contributed by atoms with E-state index in [1.165, 1.54) is 7.11 Å². The highest BCUT2D eigenvalue weighted by molar-refractivity contribution is 5.90. The Hall–Kier alpha value is -1.46. The van der Waals surface area contributed by atoms with Gasteiger partial charge in [0.15, 0.2) is 0 Å². The van der Waals surface area contributed by atoms with E-state index in [2.05, 4.69) is 4.98 Å². The zero-order chi connectivity index (χ0) is 13.5. The van der Waals surface area contributed by atoms with E-state index in [1.807, 2.05) is 6.92 Å². The number of nitrogens with zero attached hydrogens (tertiary/aromatic N) is 1. The largest absolute Gasteiger partial charge is 0.478 e. The summed E-state index contributed by atoms with van der Waals surface area (Å²) in [6, 6.07) is 1.80. The maximum Gasteiger partial charge on any atom is 0.337 e. The van der Waals surface area contributed by atoms with Crippen LogP contribution in [0.1, 0.15) is 40.7 Å². The van der Waals surface area contributed by atoms with Crippen LogP contribution >= 0.6 is 0 Å². The van der Waals surface area contributed by atoms with Crippen LogP contribution in [-0.4, -0.2) is 30.3 Å². The van der Waals surface area contributed by atoms with E-state index in [9.17, 15) is 9.90 Å². The molecule has 0 bridgehead atoms. The molecule has 0 amide bonds. The van der Waals surface area contributed by atoms with E-state index >= 15 is 0 Å². The van der Waals surface area contributed by atoms with Gasteiger partial charge in [-0.15, -0.1) is 0 Å². The zero-order valence-corrected chi connectivity index (χ0v) is 11.0. The number of carboxylic acids is 1. The van der Waals surface area contributed by atoms with Gasteiger partial charge in [-0.25, -0.2) is 4.79 Å². The fourth-order valence-electron chi connectivity index (χ4n) is 1.91. The molecular formula is C13H19NO4. The molecule has 1 N–H and O–H groups in total. The van der Waals surface area contributed by atoms with Gasteiger partial charge in [0.25, 0.3) is 0 Å². The predicted molar refractivity (Wildman–Crippen MR) is 66.6 cm³/mol. The minimum absolute atomic E-state index is 0.190. The van der Waals surface area contributed by atoms with Gasteiger partial charge in [0.05, 0.1) is 30.2 Å². The number of methoxy groups -OCH3 is 2. The van der Waals surface area contributed by atoms with Crippen molar-refractivity contribution in [1.82, 2.24) is 4.98 Å². The van der Waals surface area contributed by atoms with Crippen LogP contribution in [0.4, 0.5) is 0 Å². The first-order chi connectivity index (χ1) is 8.63. The van der Waals surface area contributed by atoms with Crippen molar-refractivity contribution < 1.29 is 19.4 Å². The highest BCUT2D eigenvalue weighted by atomic mass is 16.5. The van der Waals surface area contributed by atoms with Crippen molar-refractivity contribution in [3.63, 3.8) is 0 Å². The topological polar surface area (TPSA) is 68.7 Å². The molecule has 1 aromatic rings. The highest BCUT2D eigenvalue weighted by Crippen LogP contribution is 2.18. The van der Waals surface area contributed by atoms with Gasteiger partial charge in [-0.05, 0) is 18.1 Å². The fourth-order valence-corrected chi connectivity index (χ4v) is 1.91. The molecule has 5 nitrogen and oxygen atoms in total. The number of ether oxygens (including phenoxy) is 2. The van der Waals surface area contributed by atoms with E-state index in [0.29, 0.717) is 18.7 Å². The summed E-state index contributed by atoms with van der Waals surface area (Å²) in [6.07, 6.45) is 1.58. The Morgan fingerprint density at radius 2 is 2.00 bits per heavy atom. The van der Waals surface area contributed by atoms with Crippen LogP contribution in [0.5, 0.6) is 0 Å². The second-order valence-corrected chi connectivity index (χ2v) is 4.02. The summed E-state index contributed by atoms with van der Waals surface area (Å²) in [4.78, 5) is 15.6. The average molecular weight is 253 g/mol. The molecule has 0 radical (unpaired) electrons. The molecule has 0 fully saturated rings. The molecule has 0 unspecified atom stereocenters. The number of aryl methyl sites for hydroxylation is 1. The van der Waals surface area contributed by atoms with Crippen LogP contribution in [-0.2, 0) is 29.1 Å². The van der Waals surface area contributed by atoms with E-state index in [-0.39, 0.29) is 12.2 Å². The lowest BCUT2D eigenvalue weighted by Gasteiger charge is -2.12. The van der Waals surface area contributed by atoms with Gasteiger partial charge >= 0.3 is 5.97 Å². The number of rotatable bonds is 7. The summed E-state index contributed by atoms with van der Waals surface area (Å²) < 4.78 is 10.1. The Labute approximate surface area is 107 Å². The molecule has 1 aromatic heterocycles. The van der Waals surface area contributed by atoms with Crippen LogP contribution in [0.3, 0.4) is 0 Å². The van der Waals surface area contributed by atoms with Gasteiger partial charge in [-0.2, -0.15) is 0 Å². The van der Waals surface area contributed by atoms with Crippen LogP contribution in [0, 0.1) is 0 Å². The predicted octanol–water partition coefficient (Wildman–Crippen LogP) is 2.03. The SMILES string of the molecule is CCCc1cc(COC)nc(COC)c1C(=O)O. The number of carboxylic acid groups (broad SMARTS) is 1. The summed E-state index contributed by atoms with van der Waals surface area (Å²) >= 11 is 0. The van der Waals surface area contributed by atoms with E-state index < -0.39 is 5.97 Å². The van der Waals surface area contributed by atoms with Crippen molar-refractivity contribution in [2.24, 2.45) is 0 Å². The van der Waals surface area contributed by atoms with Crippen molar-refractivity contribution in [2.45, 2.75) is 33.0 Å². The quantitative estimate of drug-likeness (QED) is 0.805. The van der Waals surface area contributed by atoms with Crippen LogP contribution < -0.4 is 0 Å². The smallest absolute Gasteiger partial charge is 0.337 e. The van der Waals surface area contributed by atoms with Crippen molar-refractivity contribution in [1.29, 1.82) is 0 Å². The molecule has 1 heterocycles. The number of carbonyl (C=O) groups is 1. The third-order valence-electron chi connectivity index (χ3n) is 2.54. The zero-order valence-electron chi connectivity index (χ0n) is 11.0. The second kappa shape index (κ2) is 7.08. The maximum absolute atomic E-state index is 11.3. The standard InChI is InChI=1S/C13H19NO4/c1-4-5-9-6-10(7-17-2)14-11(8-18-3)12(9)13(15)16/h6H,4-5,7-8H2,1-3H3,(H,15,16). The van der Waals surface area contributed by atoms with Gasteiger partial charge < -0.3 is 14.6 Å². The maximum atomic E-state index is 11.3. The molecule has 18 heavy (non-hydrogen) atoms. The van der Waals surface area contributed by atoms with E-state index in [4.69, 9.17) is 9.47 Å². The summed E-state index contributed by atoms with van der Waals surface area (Å²) in [6.45, 7) is 2.57. The van der Waals surface area contributed by atoms with E-state index in [1.54, 1.807) is 13.2 Å². The lowest BCUT2D eigenvalue weighted by atomic mass is 10.0. The van der Waals surface area contributed by atoms with Gasteiger partial charge in [0, 0.05) is 14.2 Å². The van der Waals surface area contributed by atoms with Crippen molar-refractivity contribution in [3.05, 3.63) is 28.6 Å². The fraction of sp³-hybridized carbons (Fsp3) is 0.538. The normalized spacial score (nSPS) is 10.6. The molecule has 1 rings (SSSR count). The van der Waals surface area contributed by atoms with Gasteiger partial charge in [0.2, 0.25) is 0 Å². The molecule has 0 aromatic carbocycles. The molecule has 100 valence electrons. The highest BCUT2D eigenvalue weighted by Gasteiger charge is 2.18. The molecule has 0 saturated carbocycles. The first-order valence-corrected chi connectivity index (χ1v) is 5.86. The minimum atomic E-state index is -0.957. The molecular weight excluding hydrogens is 234 g/mol. The van der Waals surface area contributed by atoms with Crippen molar-refractivity contribution >= 4 is 5.97 Å². The molecule has 0 aliphatic carbocycles. The molecule has 0 aliphatic heterocycles. The first kappa shape index (κ1) is 14.6. The Morgan fingerprint density at radius 3 is 2.50 bits per heavy atom. The molecule has 0 spiro atoms. The Balaban J connectivity index is 3.29. The van der Waals surface area contributed by atoms with Crippen LogP contribution in [0.2, 0.25) is 0 Å². The second-order valence-electron chi connectivity index (χ2n) is 4.02. The van der Waals surface area contributed by atoms with Gasteiger partial charge in [-0.1, -0.05) is 13.3 Å². The van der Waals surface area contributed by atoms with Gasteiger partial charge in [0.1, 0.15) is 0 Å². The number of pyridine rings is 1. The molecule has 0 atom stereocenters. The third kappa shape index (κ3) is 3.51. The van der Waals surface area contributed by atoms with Crippen molar-refractivity contribution in [3.8, 4) is 0 Å². The number of aromatic nitrogens is 1. The molecule has 0 saturated heterocycles. The summed E-state index contributed by atoms with van der Waals surface area (Å²) in [5.41, 5.74) is 2.25. The molecule has 5 heteroatoms. The monoisotopic (exact) mass is 253 g/mol. The summed E-state index contributed by atoms with van der Waals surface area (Å²) in [7, 11) is 3.11. The number of aromatic carboxylic acids is 1. The Morgan fingerprint density at radius 1 is 1.33 bits per heavy atom. The lowest BCUT2D eigenvalue weighted by Crippen LogP contribution is -2.12. The van der Waals surface area contributed by atoms with E-state index in [0.717, 1.165) is 17.7 Å². The number of hydrogen-bond acceptors (Lipinski definition) is 4. The lowest BCUT2D eigenvalue weighted by molar-refractivity contribution is 0.0689. The summed E-state index contributed by atoms with van der Waals surface area (Å²) in [5, 5.41) is 9.29. The first-order valence-electron chi connectivity index (χ1n) is 5.86. The summed E-state index contributed by atoms with van der Waals surface area (Å²) in [5.74, 6) is -0.957. The third-order valence-corrected chi connectivity index (χ3v) is 2.54. The van der Waals surface area contributed by atoms with Crippen LogP contribution in [0.15, 0.2) is 6.07 Å². The van der Waals surface area contributed by atoms with Gasteiger partial charge in [-0.3, -0.25) is 4.98 Å². The van der Waals surface area contributed by atoms with Crippen LogP contribution in [0.25, 0.3) is 0 Å². The Bertz CT molecular complexity index is 390. The Kier molecular flexibility index (Phi) is 5.74. The van der Waals surface area contributed by atoms with Crippen molar-refractivity contribution in [2.75, 3.05) is 14.2 Å². The minimum Gasteiger partial charge on any atom is -0.478 e. The number of hydrogen-bond donors (Lipinski definition) is 1.